The van der Waals surface area contributed by atoms with Crippen LogP contribution in [0.5, 0.6) is 0 Å². The number of non-ortho nitro benzene ring substituents is 1. The van der Waals surface area contributed by atoms with Crippen LogP contribution in [-0.2, 0) is 6.42 Å². The number of nitrogens with zero attached hydrogens (tertiary/aromatic N) is 2. The number of rotatable bonds is 6. The van der Waals surface area contributed by atoms with Crippen LogP contribution in [0, 0.1) is 17.0 Å². The molecule has 0 saturated carbocycles. The van der Waals surface area contributed by atoms with Crippen molar-refractivity contribution in [2.24, 2.45) is 0 Å². The van der Waals surface area contributed by atoms with Gasteiger partial charge < -0.3 is 5.32 Å². The lowest BCUT2D eigenvalue weighted by Gasteiger charge is -2.06. The molecular weight excluding hydrogens is 386 g/mol. The number of carbonyl (C=O) groups excluding carboxylic acids is 1. The van der Waals surface area contributed by atoms with Crippen LogP contribution in [0.25, 0.3) is 10.6 Å². The molecule has 1 amide bonds. The molecule has 0 bridgehead atoms. The van der Waals surface area contributed by atoms with E-state index in [2.05, 4.69) is 10.3 Å². The third-order valence-electron chi connectivity index (χ3n) is 3.93. The van der Waals surface area contributed by atoms with Crippen LogP contribution in [0.2, 0.25) is 5.02 Å². The van der Waals surface area contributed by atoms with Crippen molar-refractivity contribution >= 4 is 34.5 Å². The van der Waals surface area contributed by atoms with Crippen molar-refractivity contribution in [2.45, 2.75) is 13.3 Å². The van der Waals surface area contributed by atoms with Gasteiger partial charge in [-0.05, 0) is 13.0 Å². The fourth-order valence-corrected chi connectivity index (χ4v) is 3.57. The monoisotopic (exact) mass is 401 g/mol. The largest absolute Gasteiger partial charge is 0.352 e. The first-order valence-electron chi connectivity index (χ1n) is 8.17. The SMILES string of the molecule is Cc1ccc(-c2nc(CCNC(=O)c3ccc([N+](=O)[O-])cc3Cl)cs2)cc1. The fourth-order valence-electron chi connectivity index (χ4n) is 2.45. The minimum Gasteiger partial charge on any atom is -0.352 e. The molecule has 27 heavy (non-hydrogen) atoms. The summed E-state index contributed by atoms with van der Waals surface area (Å²) in [6.07, 6.45) is 0.582. The zero-order valence-corrected chi connectivity index (χ0v) is 16.0. The Hall–Kier alpha value is -2.77. The molecule has 0 fully saturated rings. The predicted octanol–water partition coefficient (Wildman–Crippen LogP) is 4.65. The number of aryl methyl sites for hydroxylation is 1. The first-order chi connectivity index (χ1) is 12.9. The van der Waals surface area contributed by atoms with Crippen LogP contribution < -0.4 is 5.32 Å². The smallest absolute Gasteiger partial charge is 0.270 e. The summed E-state index contributed by atoms with van der Waals surface area (Å²) in [7, 11) is 0. The average molecular weight is 402 g/mol. The molecule has 0 atom stereocenters. The molecule has 6 nitrogen and oxygen atoms in total. The minimum atomic E-state index is -0.554. The number of halogens is 1. The van der Waals surface area contributed by atoms with E-state index in [1.165, 1.54) is 23.8 Å². The van der Waals surface area contributed by atoms with Gasteiger partial charge in [-0.15, -0.1) is 11.3 Å². The second kappa shape index (κ2) is 8.28. The van der Waals surface area contributed by atoms with Crippen LogP contribution in [0.1, 0.15) is 21.6 Å². The van der Waals surface area contributed by atoms with Gasteiger partial charge >= 0.3 is 0 Å². The Morgan fingerprint density at radius 3 is 2.67 bits per heavy atom. The summed E-state index contributed by atoms with van der Waals surface area (Å²) in [5.41, 5.74) is 3.22. The first-order valence-corrected chi connectivity index (χ1v) is 9.43. The van der Waals surface area contributed by atoms with E-state index in [1.807, 2.05) is 36.6 Å². The fraction of sp³-hybridized carbons (Fsp3) is 0.158. The summed E-state index contributed by atoms with van der Waals surface area (Å²) < 4.78 is 0. The highest BCUT2D eigenvalue weighted by Gasteiger charge is 2.14. The quantitative estimate of drug-likeness (QED) is 0.481. The normalized spacial score (nSPS) is 10.6. The summed E-state index contributed by atoms with van der Waals surface area (Å²) in [5.74, 6) is -0.371. The Balaban J connectivity index is 1.58. The number of nitrogens with one attached hydrogen (secondary N) is 1. The van der Waals surface area contributed by atoms with Gasteiger partial charge in [-0.2, -0.15) is 0 Å². The van der Waals surface area contributed by atoms with Gasteiger partial charge in [0.25, 0.3) is 11.6 Å². The van der Waals surface area contributed by atoms with E-state index in [0.29, 0.717) is 13.0 Å². The molecule has 3 aromatic rings. The van der Waals surface area contributed by atoms with Crippen LogP contribution in [0.4, 0.5) is 5.69 Å². The van der Waals surface area contributed by atoms with Gasteiger partial charge in [0.15, 0.2) is 0 Å². The molecule has 138 valence electrons. The van der Waals surface area contributed by atoms with Crippen molar-refractivity contribution in [1.82, 2.24) is 10.3 Å². The lowest BCUT2D eigenvalue weighted by molar-refractivity contribution is -0.384. The molecule has 0 radical (unpaired) electrons. The van der Waals surface area contributed by atoms with Crippen molar-refractivity contribution in [2.75, 3.05) is 6.54 Å². The van der Waals surface area contributed by atoms with Gasteiger partial charge in [-0.3, -0.25) is 14.9 Å². The number of thiazole rings is 1. The Labute approximate surface area is 165 Å². The molecule has 0 saturated heterocycles. The van der Waals surface area contributed by atoms with Gasteiger partial charge in [-0.25, -0.2) is 4.98 Å². The van der Waals surface area contributed by atoms with Crippen molar-refractivity contribution in [3.05, 3.63) is 79.8 Å². The molecule has 1 N–H and O–H groups in total. The molecule has 2 aromatic carbocycles. The Kier molecular flexibility index (Phi) is 5.83. The highest BCUT2D eigenvalue weighted by Crippen LogP contribution is 2.24. The van der Waals surface area contributed by atoms with Crippen LogP contribution in [0.3, 0.4) is 0 Å². The van der Waals surface area contributed by atoms with E-state index in [4.69, 9.17) is 11.6 Å². The highest BCUT2D eigenvalue weighted by molar-refractivity contribution is 7.13. The number of hydrogen-bond donors (Lipinski definition) is 1. The first kappa shape index (κ1) is 19.0. The summed E-state index contributed by atoms with van der Waals surface area (Å²) in [5, 5.41) is 16.5. The summed E-state index contributed by atoms with van der Waals surface area (Å²) in [6, 6.07) is 12.0. The topological polar surface area (TPSA) is 85.1 Å². The van der Waals surface area contributed by atoms with E-state index in [0.717, 1.165) is 16.3 Å². The van der Waals surface area contributed by atoms with Crippen LogP contribution >= 0.6 is 22.9 Å². The number of hydrogen-bond acceptors (Lipinski definition) is 5. The number of carbonyl (C=O) groups is 1. The van der Waals surface area contributed by atoms with Gasteiger partial charge in [-0.1, -0.05) is 41.4 Å². The zero-order chi connectivity index (χ0) is 19.4. The van der Waals surface area contributed by atoms with E-state index in [9.17, 15) is 14.9 Å². The molecule has 0 aliphatic carbocycles. The van der Waals surface area contributed by atoms with Crippen LogP contribution in [0.15, 0.2) is 47.8 Å². The van der Waals surface area contributed by atoms with E-state index < -0.39 is 4.92 Å². The molecular formula is C19H16ClN3O3S. The number of benzene rings is 2. The summed E-state index contributed by atoms with van der Waals surface area (Å²) in [6.45, 7) is 2.43. The molecule has 0 spiro atoms. The minimum absolute atomic E-state index is 0.0528. The molecule has 0 unspecified atom stereocenters. The number of amides is 1. The van der Waals surface area contributed by atoms with Gasteiger partial charge in [0, 0.05) is 36.0 Å². The standard InChI is InChI=1S/C19H16ClN3O3S/c1-12-2-4-13(5-3-12)19-22-14(11-27-19)8-9-21-18(24)16-7-6-15(23(25)26)10-17(16)20/h2-7,10-11H,8-9H2,1H3,(H,21,24). The lowest BCUT2D eigenvalue weighted by Crippen LogP contribution is -2.26. The van der Waals surface area contributed by atoms with Gasteiger partial charge in [0.05, 0.1) is 21.2 Å². The molecule has 0 aliphatic rings. The van der Waals surface area contributed by atoms with Crippen molar-refractivity contribution in [3.8, 4) is 10.6 Å². The molecule has 1 aromatic heterocycles. The maximum Gasteiger partial charge on any atom is 0.270 e. The third kappa shape index (κ3) is 4.69. The lowest BCUT2D eigenvalue weighted by atomic mass is 10.2. The van der Waals surface area contributed by atoms with Crippen molar-refractivity contribution in [1.29, 1.82) is 0 Å². The number of nitro groups is 1. The third-order valence-corrected chi connectivity index (χ3v) is 5.18. The van der Waals surface area contributed by atoms with E-state index in [-0.39, 0.29) is 22.2 Å². The zero-order valence-electron chi connectivity index (χ0n) is 14.4. The second-order valence-electron chi connectivity index (χ2n) is 5.94. The molecule has 1 heterocycles. The average Bonchev–Trinajstić information content (AvgIpc) is 3.11. The Morgan fingerprint density at radius 1 is 1.26 bits per heavy atom. The second-order valence-corrected chi connectivity index (χ2v) is 7.20. The van der Waals surface area contributed by atoms with E-state index in [1.54, 1.807) is 11.3 Å². The summed E-state index contributed by atoms with van der Waals surface area (Å²) >= 11 is 7.53. The van der Waals surface area contributed by atoms with Crippen molar-refractivity contribution < 1.29 is 9.72 Å². The Morgan fingerprint density at radius 2 is 2.00 bits per heavy atom. The van der Waals surface area contributed by atoms with Crippen molar-refractivity contribution in [3.63, 3.8) is 0 Å². The maximum absolute atomic E-state index is 12.2. The van der Waals surface area contributed by atoms with E-state index >= 15 is 0 Å². The predicted molar refractivity (Wildman–Crippen MR) is 106 cm³/mol. The summed E-state index contributed by atoms with van der Waals surface area (Å²) in [4.78, 5) is 27.0. The Bertz CT molecular complexity index is 986. The van der Waals surface area contributed by atoms with Gasteiger partial charge in [0.2, 0.25) is 0 Å². The molecule has 8 heteroatoms. The highest BCUT2D eigenvalue weighted by atomic mass is 35.5. The van der Waals surface area contributed by atoms with Gasteiger partial charge in [0.1, 0.15) is 5.01 Å². The number of aromatic nitrogens is 1. The molecule has 3 rings (SSSR count). The maximum atomic E-state index is 12.2. The van der Waals surface area contributed by atoms with Crippen LogP contribution in [-0.4, -0.2) is 22.4 Å². The number of nitro benzene ring substituents is 1. The molecule has 0 aliphatic heterocycles.